The largest absolute Gasteiger partial charge is 0.439 e. The molecule has 7 nitrogen and oxygen atoms in total. The molecule has 0 aliphatic rings. The van der Waals surface area contributed by atoms with Crippen molar-refractivity contribution >= 4 is 34.2 Å². The summed E-state index contributed by atoms with van der Waals surface area (Å²) in [7, 11) is 0. The number of hydrogen-bond donors (Lipinski definition) is 1. The number of ether oxygens (including phenoxy) is 1. The van der Waals surface area contributed by atoms with Crippen LogP contribution in [0.5, 0.6) is 11.6 Å². The summed E-state index contributed by atoms with van der Waals surface area (Å²) in [5.41, 5.74) is 3.24. The van der Waals surface area contributed by atoms with E-state index in [1.165, 1.54) is 0 Å². The van der Waals surface area contributed by atoms with Crippen molar-refractivity contribution in [3.63, 3.8) is 0 Å². The smallest absolute Gasteiger partial charge is 0.255 e. The Morgan fingerprint density at radius 3 is 2.35 bits per heavy atom. The second-order valence-electron chi connectivity index (χ2n) is 6.98. The molecule has 4 rings (SSSR count). The van der Waals surface area contributed by atoms with Crippen LogP contribution in [0.25, 0.3) is 5.82 Å². The molecule has 0 spiro atoms. The Labute approximate surface area is 193 Å². The van der Waals surface area contributed by atoms with Crippen molar-refractivity contribution in [3.05, 3.63) is 87.3 Å². The van der Waals surface area contributed by atoms with E-state index in [9.17, 15) is 4.79 Å². The van der Waals surface area contributed by atoms with Crippen LogP contribution in [0.15, 0.2) is 60.9 Å². The molecule has 0 atom stereocenters. The average molecular weight is 525 g/mol. The minimum atomic E-state index is -0.160. The third-order valence-corrected chi connectivity index (χ3v) is 5.46. The zero-order valence-electron chi connectivity index (χ0n) is 17.3. The minimum absolute atomic E-state index is 0.160. The van der Waals surface area contributed by atoms with Gasteiger partial charge < -0.3 is 10.1 Å². The van der Waals surface area contributed by atoms with Crippen molar-refractivity contribution in [3.8, 4) is 17.4 Å². The SMILES string of the molecule is Cc1nc(Oc2ccc(NC(=O)c3ccc(I)cc3)cc2)cc(-n2cnc(C)c2C)n1. The summed E-state index contributed by atoms with van der Waals surface area (Å²) in [5, 5.41) is 2.88. The molecule has 0 radical (unpaired) electrons. The van der Waals surface area contributed by atoms with E-state index < -0.39 is 0 Å². The Morgan fingerprint density at radius 1 is 1.00 bits per heavy atom. The van der Waals surface area contributed by atoms with Gasteiger partial charge in [0.2, 0.25) is 5.88 Å². The first-order chi connectivity index (χ1) is 14.9. The number of amides is 1. The van der Waals surface area contributed by atoms with Gasteiger partial charge in [-0.1, -0.05) is 0 Å². The highest BCUT2D eigenvalue weighted by atomic mass is 127. The number of halogens is 1. The molecule has 1 amide bonds. The van der Waals surface area contributed by atoms with Crippen molar-refractivity contribution in [1.29, 1.82) is 0 Å². The van der Waals surface area contributed by atoms with Gasteiger partial charge in [-0.15, -0.1) is 0 Å². The summed E-state index contributed by atoms with van der Waals surface area (Å²) in [6.45, 7) is 5.76. The molecule has 0 saturated heterocycles. The third kappa shape index (κ3) is 4.91. The number of rotatable bonds is 5. The Hall–Kier alpha value is -3.27. The van der Waals surface area contributed by atoms with Crippen LogP contribution in [-0.4, -0.2) is 25.4 Å². The molecule has 2 heterocycles. The maximum absolute atomic E-state index is 12.4. The van der Waals surface area contributed by atoms with E-state index in [2.05, 4.69) is 42.9 Å². The van der Waals surface area contributed by atoms with E-state index in [4.69, 9.17) is 4.74 Å². The normalized spacial score (nSPS) is 10.7. The topological polar surface area (TPSA) is 81.9 Å². The first-order valence-electron chi connectivity index (χ1n) is 9.60. The molecule has 2 aromatic carbocycles. The number of benzene rings is 2. The fourth-order valence-corrected chi connectivity index (χ4v) is 3.32. The van der Waals surface area contributed by atoms with Crippen molar-refractivity contribution in [2.45, 2.75) is 20.8 Å². The first-order valence-corrected chi connectivity index (χ1v) is 10.7. The molecule has 0 saturated carbocycles. The lowest BCUT2D eigenvalue weighted by molar-refractivity contribution is 0.102. The summed E-state index contributed by atoms with van der Waals surface area (Å²) in [6, 6.07) is 16.3. The second-order valence-corrected chi connectivity index (χ2v) is 8.23. The zero-order valence-corrected chi connectivity index (χ0v) is 19.4. The molecular formula is C23H20IN5O2. The Balaban J connectivity index is 1.48. The third-order valence-electron chi connectivity index (χ3n) is 4.74. The Morgan fingerprint density at radius 2 is 1.71 bits per heavy atom. The molecule has 4 aromatic rings. The zero-order chi connectivity index (χ0) is 22.0. The van der Waals surface area contributed by atoms with Crippen LogP contribution in [0.1, 0.15) is 27.6 Å². The molecule has 31 heavy (non-hydrogen) atoms. The van der Waals surface area contributed by atoms with Gasteiger partial charge in [0.15, 0.2) is 0 Å². The van der Waals surface area contributed by atoms with Gasteiger partial charge in [0, 0.05) is 26.6 Å². The van der Waals surface area contributed by atoms with Crippen molar-refractivity contribution < 1.29 is 9.53 Å². The summed E-state index contributed by atoms with van der Waals surface area (Å²) < 4.78 is 8.91. The van der Waals surface area contributed by atoms with Gasteiger partial charge in [-0.3, -0.25) is 9.36 Å². The van der Waals surface area contributed by atoms with Crippen molar-refractivity contribution in [2.24, 2.45) is 0 Å². The molecule has 156 valence electrons. The van der Waals surface area contributed by atoms with Gasteiger partial charge in [0.25, 0.3) is 5.91 Å². The number of nitrogens with one attached hydrogen (secondary N) is 1. The van der Waals surface area contributed by atoms with E-state index in [-0.39, 0.29) is 5.91 Å². The van der Waals surface area contributed by atoms with Gasteiger partial charge in [0.05, 0.1) is 5.69 Å². The lowest BCUT2D eigenvalue weighted by Crippen LogP contribution is -2.11. The summed E-state index contributed by atoms with van der Waals surface area (Å²) in [5.74, 6) is 2.17. The number of anilines is 1. The Kier molecular flexibility index (Phi) is 5.99. The van der Waals surface area contributed by atoms with Crippen LogP contribution in [0, 0.1) is 24.3 Å². The van der Waals surface area contributed by atoms with Gasteiger partial charge in [0.1, 0.15) is 23.7 Å². The lowest BCUT2D eigenvalue weighted by atomic mass is 10.2. The molecule has 8 heteroatoms. The number of aromatic nitrogens is 4. The maximum atomic E-state index is 12.4. The monoisotopic (exact) mass is 525 g/mol. The standard InChI is InChI=1S/C23H20IN5O2/c1-14-15(2)29(13-25-14)21-12-22(27-16(3)26-21)31-20-10-8-19(9-11-20)28-23(30)17-4-6-18(24)7-5-17/h4-13H,1-3H3,(H,28,30). The van der Waals surface area contributed by atoms with Crippen LogP contribution in [0.2, 0.25) is 0 Å². The summed E-state index contributed by atoms with van der Waals surface area (Å²) >= 11 is 2.21. The highest BCUT2D eigenvalue weighted by Crippen LogP contribution is 2.24. The second kappa shape index (κ2) is 8.84. The van der Waals surface area contributed by atoms with Crippen molar-refractivity contribution in [1.82, 2.24) is 19.5 Å². The first kappa shape index (κ1) is 21.0. The highest BCUT2D eigenvalue weighted by molar-refractivity contribution is 14.1. The van der Waals surface area contributed by atoms with E-state index in [0.717, 1.165) is 15.0 Å². The quantitative estimate of drug-likeness (QED) is 0.361. The molecular weight excluding hydrogens is 505 g/mol. The lowest BCUT2D eigenvalue weighted by Gasteiger charge is -2.10. The molecule has 0 fully saturated rings. The van der Waals surface area contributed by atoms with E-state index in [1.54, 1.807) is 48.8 Å². The van der Waals surface area contributed by atoms with Gasteiger partial charge in [-0.05, 0) is 91.9 Å². The number of carbonyl (C=O) groups is 1. The van der Waals surface area contributed by atoms with Crippen LogP contribution < -0.4 is 10.1 Å². The minimum Gasteiger partial charge on any atom is -0.439 e. The number of hydrogen-bond acceptors (Lipinski definition) is 5. The number of imidazole rings is 1. The summed E-state index contributed by atoms with van der Waals surface area (Å²) in [6.07, 6.45) is 1.74. The average Bonchev–Trinajstić information content (AvgIpc) is 3.08. The molecule has 0 unspecified atom stereocenters. The predicted molar refractivity (Wildman–Crippen MR) is 127 cm³/mol. The van der Waals surface area contributed by atoms with E-state index >= 15 is 0 Å². The van der Waals surface area contributed by atoms with Gasteiger partial charge in [-0.25, -0.2) is 9.97 Å². The van der Waals surface area contributed by atoms with Crippen LogP contribution in [0.4, 0.5) is 5.69 Å². The van der Waals surface area contributed by atoms with Crippen LogP contribution in [-0.2, 0) is 0 Å². The summed E-state index contributed by atoms with van der Waals surface area (Å²) in [4.78, 5) is 25.5. The Bertz CT molecular complexity index is 1230. The van der Waals surface area contributed by atoms with Crippen LogP contribution in [0.3, 0.4) is 0 Å². The van der Waals surface area contributed by atoms with Gasteiger partial charge in [-0.2, -0.15) is 4.98 Å². The van der Waals surface area contributed by atoms with E-state index in [0.29, 0.717) is 34.5 Å². The fourth-order valence-electron chi connectivity index (χ4n) is 2.96. The fraction of sp³-hybridized carbons (Fsp3) is 0.130. The molecule has 0 bridgehead atoms. The van der Waals surface area contributed by atoms with Gasteiger partial charge >= 0.3 is 0 Å². The molecule has 0 aliphatic carbocycles. The molecule has 2 aromatic heterocycles. The highest BCUT2D eigenvalue weighted by Gasteiger charge is 2.10. The number of carbonyl (C=O) groups excluding carboxylic acids is 1. The molecule has 1 N–H and O–H groups in total. The van der Waals surface area contributed by atoms with Crippen LogP contribution >= 0.6 is 22.6 Å². The number of nitrogens with zero attached hydrogens (tertiary/aromatic N) is 4. The number of aryl methyl sites for hydroxylation is 2. The van der Waals surface area contributed by atoms with E-state index in [1.807, 2.05) is 37.5 Å². The predicted octanol–water partition coefficient (Wildman–Crippen LogP) is 5.24. The maximum Gasteiger partial charge on any atom is 0.255 e. The van der Waals surface area contributed by atoms with Crippen molar-refractivity contribution in [2.75, 3.05) is 5.32 Å². The molecule has 0 aliphatic heterocycles.